The lowest BCUT2D eigenvalue weighted by Gasteiger charge is -2.28. The van der Waals surface area contributed by atoms with Crippen molar-refractivity contribution < 1.29 is 14.6 Å². The van der Waals surface area contributed by atoms with Crippen molar-refractivity contribution in [2.75, 3.05) is 14.2 Å². The number of hydrogen-bond acceptors (Lipinski definition) is 3. The Hall–Kier alpha value is -1.55. The van der Waals surface area contributed by atoms with E-state index in [0.29, 0.717) is 0 Å². The molecule has 0 fully saturated rings. The molecule has 0 radical (unpaired) electrons. The fourth-order valence-corrected chi connectivity index (χ4v) is 1.60. The van der Waals surface area contributed by atoms with E-state index in [-0.39, 0.29) is 6.42 Å². The topological polar surface area (TPSA) is 58.6 Å². The summed E-state index contributed by atoms with van der Waals surface area (Å²) in [4.78, 5) is 10.8. The first kappa shape index (κ1) is 12.5. The second kappa shape index (κ2) is 4.99. The average Bonchev–Trinajstić information content (AvgIpc) is 2.28. The Bertz CT molecular complexity index is 378. The maximum absolute atomic E-state index is 10.8. The van der Waals surface area contributed by atoms with Gasteiger partial charge in [-0.05, 0) is 31.7 Å². The highest BCUT2D eigenvalue weighted by molar-refractivity contribution is 5.69. The molecule has 2 N–H and O–H groups in total. The highest BCUT2D eigenvalue weighted by Crippen LogP contribution is 2.27. The van der Waals surface area contributed by atoms with Gasteiger partial charge in [0.1, 0.15) is 5.75 Å². The lowest BCUT2D eigenvalue weighted by Crippen LogP contribution is -2.38. The molecule has 88 valence electrons. The number of benzene rings is 1. The largest absolute Gasteiger partial charge is 0.497 e. The summed E-state index contributed by atoms with van der Waals surface area (Å²) in [6.45, 7) is 1.86. The molecule has 16 heavy (non-hydrogen) atoms. The van der Waals surface area contributed by atoms with Crippen molar-refractivity contribution in [1.29, 1.82) is 0 Å². The highest BCUT2D eigenvalue weighted by Gasteiger charge is 2.27. The molecule has 1 rings (SSSR count). The average molecular weight is 223 g/mol. The molecule has 0 aromatic heterocycles. The van der Waals surface area contributed by atoms with E-state index in [0.717, 1.165) is 11.3 Å². The standard InChI is InChI=1S/C12H17NO3/c1-12(13-2,8-11(14)15)9-5-4-6-10(7-9)16-3/h4-7,13H,8H2,1-3H3,(H,14,15). The molecule has 0 aliphatic heterocycles. The van der Waals surface area contributed by atoms with Crippen molar-refractivity contribution in [2.45, 2.75) is 18.9 Å². The fraction of sp³-hybridized carbons (Fsp3) is 0.417. The number of nitrogens with one attached hydrogen (secondary N) is 1. The summed E-state index contributed by atoms with van der Waals surface area (Å²) in [5, 5.41) is 11.9. The van der Waals surface area contributed by atoms with Gasteiger partial charge in [0.05, 0.1) is 19.1 Å². The van der Waals surface area contributed by atoms with E-state index in [1.807, 2.05) is 31.2 Å². The van der Waals surface area contributed by atoms with Crippen LogP contribution in [-0.2, 0) is 10.3 Å². The minimum absolute atomic E-state index is 0.0245. The highest BCUT2D eigenvalue weighted by atomic mass is 16.5. The Morgan fingerprint density at radius 2 is 2.25 bits per heavy atom. The van der Waals surface area contributed by atoms with Crippen molar-refractivity contribution in [3.63, 3.8) is 0 Å². The van der Waals surface area contributed by atoms with Gasteiger partial charge in [0.15, 0.2) is 0 Å². The van der Waals surface area contributed by atoms with Gasteiger partial charge in [0.2, 0.25) is 0 Å². The van der Waals surface area contributed by atoms with Crippen LogP contribution in [-0.4, -0.2) is 25.2 Å². The van der Waals surface area contributed by atoms with E-state index in [1.165, 1.54) is 0 Å². The van der Waals surface area contributed by atoms with Gasteiger partial charge in [-0.15, -0.1) is 0 Å². The molecule has 0 aliphatic rings. The van der Waals surface area contributed by atoms with Crippen LogP contribution in [0.4, 0.5) is 0 Å². The lowest BCUT2D eigenvalue weighted by molar-refractivity contribution is -0.138. The number of hydrogen-bond donors (Lipinski definition) is 2. The number of aliphatic carboxylic acids is 1. The van der Waals surface area contributed by atoms with Gasteiger partial charge in [0.25, 0.3) is 0 Å². The number of methoxy groups -OCH3 is 1. The minimum Gasteiger partial charge on any atom is -0.497 e. The molecule has 4 heteroatoms. The summed E-state index contributed by atoms with van der Waals surface area (Å²) in [6, 6.07) is 7.42. The third kappa shape index (κ3) is 2.73. The Kier molecular flexibility index (Phi) is 3.90. The SMILES string of the molecule is CNC(C)(CC(=O)O)c1cccc(OC)c1. The Morgan fingerprint density at radius 3 is 2.75 bits per heavy atom. The van der Waals surface area contributed by atoms with Gasteiger partial charge in [-0.3, -0.25) is 4.79 Å². The van der Waals surface area contributed by atoms with E-state index in [1.54, 1.807) is 14.2 Å². The Morgan fingerprint density at radius 1 is 1.56 bits per heavy atom. The van der Waals surface area contributed by atoms with Crippen LogP contribution in [0.15, 0.2) is 24.3 Å². The molecule has 4 nitrogen and oxygen atoms in total. The van der Waals surface area contributed by atoms with Gasteiger partial charge < -0.3 is 15.2 Å². The molecule has 1 aromatic carbocycles. The van der Waals surface area contributed by atoms with E-state index in [2.05, 4.69) is 5.32 Å². The quantitative estimate of drug-likeness (QED) is 0.796. The number of carbonyl (C=O) groups is 1. The molecule has 1 aromatic rings. The van der Waals surface area contributed by atoms with Gasteiger partial charge >= 0.3 is 5.97 Å². The van der Waals surface area contributed by atoms with Crippen molar-refractivity contribution in [3.05, 3.63) is 29.8 Å². The zero-order valence-electron chi connectivity index (χ0n) is 9.78. The van der Waals surface area contributed by atoms with Crippen LogP contribution < -0.4 is 10.1 Å². The second-order valence-corrected chi connectivity index (χ2v) is 3.88. The third-order valence-corrected chi connectivity index (χ3v) is 2.76. The first-order valence-corrected chi connectivity index (χ1v) is 5.07. The smallest absolute Gasteiger partial charge is 0.305 e. The second-order valence-electron chi connectivity index (χ2n) is 3.88. The minimum atomic E-state index is -0.834. The van der Waals surface area contributed by atoms with Crippen LogP contribution in [0, 0.1) is 0 Å². The zero-order valence-corrected chi connectivity index (χ0v) is 9.78. The molecule has 0 amide bonds. The van der Waals surface area contributed by atoms with Crippen LogP contribution in [0.5, 0.6) is 5.75 Å². The molecule has 0 saturated heterocycles. The summed E-state index contributed by atoms with van der Waals surface area (Å²) >= 11 is 0. The van der Waals surface area contributed by atoms with Gasteiger partial charge in [-0.2, -0.15) is 0 Å². The van der Waals surface area contributed by atoms with Crippen LogP contribution in [0.3, 0.4) is 0 Å². The lowest BCUT2D eigenvalue weighted by atomic mass is 9.88. The molecule has 0 bridgehead atoms. The van der Waals surface area contributed by atoms with Gasteiger partial charge in [-0.25, -0.2) is 0 Å². The molecule has 0 heterocycles. The van der Waals surface area contributed by atoms with Gasteiger partial charge in [-0.1, -0.05) is 12.1 Å². The Balaban J connectivity index is 3.06. The van der Waals surface area contributed by atoms with Crippen LogP contribution in [0.25, 0.3) is 0 Å². The van der Waals surface area contributed by atoms with Crippen molar-refractivity contribution in [1.82, 2.24) is 5.32 Å². The molecule has 1 unspecified atom stereocenters. The summed E-state index contributed by atoms with van der Waals surface area (Å²) in [5.41, 5.74) is 0.317. The van der Waals surface area contributed by atoms with Crippen LogP contribution in [0.2, 0.25) is 0 Å². The monoisotopic (exact) mass is 223 g/mol. The van der Waals surface area contributed by atoms with Crippen molar-refractivity contribution in [3.8, 4) is 5.75 Å². The normalized spacial score (nSPS) is 14.2. The summed E-state index contributed by atoms with van der Waals surface area (Å²) in [7, 11) is 3.34. The van der Waals surface area contributed by atoms with Gasteiger partial charge in [0, 0.05) is 0 Å². The number of carboxylic acid groups (broad SMARTS) is 1. The van der Waals surface area contributed by atoms with E-state index >= 15 is 0 Å². The maximum Gasteiger partial charge on any atom is 0.305 e. The van der Waals surface area contributed by atoms with E-state index in [4.69, 9.17) is 9.84 Å². The van der Waals surface area contributed by atoms with E-state index in [9.17, 15) is 4.79 Å². The predicted octanol–water partition coefficient (Wildman–Crippen LogP) is 1.60. The molecular weight excluding hydrogens is 206 g/mol. The summed E-state index contributed by atoms with van der Waals surface area (Å²) in [6.07, 6.45) is 0.0245. The third-order valence-electron chi connectivity index (χ3n) is 2.76. The zero-order chi connectivity index (χ0) is 12.2. The number of ether oxygens (including phenoxy) is 1. The first-order chi connectivity index (χ1) is 7.51. The van der Waals surface area contributed by atoms with Crippen LogP contribution in [0.1, 0.15) is 18.9 Å². The Labute approximate surface area is 95.2 Å². The molecule has 0 aliphatic carbocycles. The van der Waals surface area contributed by atoms with Crippen molar-refractivity contribution >= 4 is 5.97 Å². The maximum atomic E-state index is 10.8. The molecule has 0 spiro atoms. The van der Waals surface area contributed by atoms with Crippen molar-refractivity contribution in [2.24, 2.45) is 0 Å². The van der Waals surface area contributed by atoms with E-state index < -0.39 is 11.5 Å². The summed E-state index contributed by atoms with van der Waals surface area (Å²) in [5.74, 6) is -0.107. The predicted molar refractivity (Wildman–Crippen MR) is 61.7 cm³/mol. The first-order valence-electron chi connectivity index (χ1n) is 5.07. The fourth-order valence-electron chi connectivity index (χ4n) is 1.60. The number of rotatable bonds is 5. The molecular formula is C12H17NO3. The number of carboxylic acids is 1. The summed E-state index contributed by atoms with van der Waals surface area (Å²) < 4.78 is 5.12. The van der Waals surface area contributed by atoms with Crippen LogP contribution >= 0.6 is 0 Å². The molecule has 1 atom stereocenters. The molecule has 0 saturated carbocycles.